The third kappa shape index (κ3) is 3.29. The first kappa shape index (κ1) is 13.0. The van der Waals surface area contributed by atoms with Crippen molar-refractivity contribution in [1.29, 1.82) is 0 Å². The molecule has 0 heterocycles. The zero-order chi connectivity index (χ0) is 13.1. The minimum absolute atomic E-state index is 0.263. The molecule has 0 aliphatic heterocycles. The third-order valence-electron chi connectivity index (χ3n) is 2.61. The van der Waals surface area contributed by atoms with Crippen molar-refractivity contribution in [1.82, 2.24) is 0 Å². The molecule has 0 amide bonds. The summed E-state index contributed by atoms with van der Waals surface area (Å²) < 4.78 is 26.8. The highest BCUT2D eigenvalue weighted by atomic mass is 79.9. The summed E-state index contributed by atoms with van der Waals surface area (Å²) in [5.41, 5.74) is 1.74. The van der Waals surface area contributed by atoms with E-state index in [1.54, 1.807) is 12.1 Å². The van der Waals surface area contributed by atoms with Crippen molar-refractivity contribution >= 4 is 21.6 Å². The van der Waals surface area contributed by atoms with Crippen LogP contribution in [0.5, 0.6) is 0 Å². The van der Waals surface area contributed by atoms with Crippen molar-refractivity contribution in [2.24, 2.45) is 0 Å². The van der Waals surface area contributed by atoms with Crippen LogP contribution in [0, 0.1) is 11.6 Å². The molecular formula is C14H12BrF2N. The minimum Gasteiger partial charge on any atom is -0.370 e. The maximum absolute atomic E-state index is 13.2. The number of hydrogen-bond donors (Lipinski definition) is 0. The molecule has 0 aliphatic rings. The average molecular weight is 312 g/mol. The van der Waals surface area contributed by atoms with Gasteiger partial charge < -0.3 is 4.90 Å². The highest BCUT2D eigenvalue weighted by Gasteiger charge is 2.04. The number of nitrogens with zero attached hydrogens (tertiary/aromatic N) is 1. The summed E-state index contributed by atoms with van der Waals surface area (Å²) in [6.07, 6.45) is 0. The normalized spacial score (nSPS) is 10.4. The molecule has 0 saturated heterocycles. The monoisotopic (exact) mass is 311 g/mol. The summed E-state index contributed by atoms with van der Waals surface area (Å²) in [6, 6.07) is 11.0. The molecule has 0 unspecified atom stereocenters. The van der Waals surface area contributed by atoms with Gasteiger partial charge >= 0.3 is 0 Å². The Morgan fingerprint density at radius 1 is 1.00 bits per heavy atom. The lowest BCUT2D eigenvalue weighted by Crippen LogP contribution is -2.16. The van der Waals surface area contributed by atoms with Gasteiger partial charge in [0.25, 0.3) is 0 Å². The number of anilines is 1. The Morgan fingerprint density at radius 2 is 1.67 bits per heavy atom. The Hall–Kier alpha value is -1.42. The van der Waals surface area contributed by atoms with Crippen LogP contribution in [-0.2, 0) is 6.54 Å². The highest BCUT2D eigenvalue weighted by molar-refractivity contribution is 9.10. The van der Waals surface area contributed by atoms with Crippen molar-refractivity contribution in [3.8, 4) is 0 Å². The van der Waals surface area contributed by atoms with Crippen LogP contribution in [0.25, 0.3) is 0 Å². The van der Waals surface area contributed by atoms with Gasteiger partial charge in [0.05, 0.1) is 0 Å². The van der Waals surface area contributed by atoms with Crippen LogP contribution in [0.1, 0.15) is 5.56 Å². The molecule has 2 aromatic carbocycles. The third-order valence-corrected chi connectivity index (χ3v) is 3.07. The van der Waals surface area contributed by atoms with Gasteiger partial charge in [-0.15, -0.1) is 0 Å². The first-order valence-electron chi connectivity index (χ1n) is 5.46. The Labute approximate surface area is 113 Å². The van der Waals surface area contributed by atoms with Gasteiger partial charge in [0.1, 0.15) is 11.6 Å². The van der Waals surface area contributed by atoms with Crippen LogP contribution in [0.2, 0.25) is 0 Å². The van der Waals surface area contributed by atoms with Crippen molar-refractivity contribution in [2.45, 2.75) is 6.54 Å². The smallest absolute Gasteiger partial charge is 0.124 e. The average Bonchev–Trinajstić information content (AvgIpc) is 2.28. The number of benzene rings is 2. The van der Waals surface area contributed by atoms with Crippen molar-refractivity contribution in [3.05, 3.63) is 64.1 Å². The van der Waals surface area contributed by atoms with E-state index in [2.05, 4.69) is 15.9 Å². The second-order valence-corrected chi connectivity index (χ2v) is 5.03. The summed E-state index contributed by atoms with van der Waals surface area (Å²) in [6.45, 7) is 0.558. The summed E-state index contributed by atoms with van der Waals surface area (Å²) in [5, 5.41) is 0. The van der Waals surface area contributed by atoms with E-state index in [1.165, 1.54) is 24.3 Å². The van der Waals surface area contributed by atoms with Crippen molar-refractivity contribution in [3.63, 3.8) is 0 Å². The Balaban J connectivity index is 2.15. The molecule has 0 bridgehead atoms. The van der Waals surface area contributed by atoms with Crippen LogP contribution in [0.3, 0.4) is 0 Å². The van der Waals surface area contributed by atoms with Crippen molar-refractivity contribution < 1.29 is 8.78 Å². The lowest BCUT2D eigenvalue weighted by Gasteiger charge is -2.19. The molecule has 0 N–H and O–H groups in total. The molecule has 2 aromatic rings. The van der Waals surface area contributed by atoms with Gasteiger partial charge in [-0.25, -0.2) is 8.78 Å². The first-order chi connectivity index (χ1) is 8.54. The van der Waals surface area contributed by atoms with E-state index in [4.69, 9.17) is 0 Å². The standard InChI is InChI=1S/C14H12BrF2N/c1-18(14-4-2-12(16)3-5-14)9-10-6-11(15)8-13(17)7-10/h2-8H,9H2,1H3. The van der Waals surface area contributed by atoms with E-state index in [1.807, 2.05) is 18.0 Å². The van der Waals surface area contributed by atoms with Gasteiger partial charge in [-0.1, -0.05) is 15.9 Å². The lowest BCUT2D eigenvalue weighted by atomic mass is 10.2. The van der Waals surface area contributed by atoms with E-state index in [0.29, 0.717) is 11.0 Å². The predicted molar refractivity (Wildman–Crippen MR) is 72.6 cm³/mol. The molecular weight excluding hydrogens is 300 g/mol. The molecule has 0 saturated carbocycles. The maximum Gasteiger partial charge on any atom is 0.124 e. The fourth-order valence-corrected chi connectivity index (χ4v) is 2.28. The molecule has 4 heteroatoms. The Morgan fingerprint density at radius 3 is 2.28 bits per heavy atom. The van der Waals surface area contributed by atoms with Crippen molar-refractivity contribution in [2.75, 3.05) is 11.9 Å². The van der Waals surface area contributed by atoms with Crippen LogP contribution in [0.15, 0.2) is 46.9 Å². The number of hydrogen-bond acceptors (Lipinski definition) is 1. The minimum atomic E-state index is -0.271. The molecule has 0 spiro atoms. The summed E-state index contributed by atoms with van der Waals surface area (Å²) >= 11 is 3.26. The van der Waals surface area contributed by atoms with Gasteiger partial charge in [0, 0.05) is 23.8 Å². The van der Waals surface area contributed by atoms with Crippen LogP contribution >= 0.6 is 15.9 Å². The molecule has 0 aliphatic carbocycles. The molecule has 0 aromatic heterocycles. The topological polar surface area (TPSA) is 3.24 Å². The zero-order valence-electron chi connectivity index (χ0n) is 9.83. The summed E-state index contributed by atoms with van der Waals surface area (Å²) in [4.78, 5) is 1.93. The van der Waals surface area contributed by atoms with Gasteiger partial charge in [0.2, 0.25) is 0 Å². The highest BCUT2D eigenvalue weighted by Crippen LogP contribution is 2.19. The number of rotatable bonds is 3. The molecule has 0 fully saturated rings. The van der Waals surface area contributed by atoms with E-state index in [0.717, 1.165) is 11.3 Å². The first-order valence-corrected chi connectivity index (χ1v) is 6.25. The van der Waals surface area contributed by atoms with Gasteiger partial charge in [-0.3, -0.25) is 0 Å². The summed E-state index contributed by atoms with van der Waals surface area (Å²) in [7, 11) is 1.88. The fraction of sp³-hybridized carbons (Fsp3) is 0.143. The molecule has 0 atom stereocenters. The largest absolute Gasteiger partial charge is 0.370 e. The Kier molecular flexibility index (Phi) is 3.97. The molecule has 2 rings (SSSR count). The van der Waals surface area contributed by atoms with Crippen LogP contribution in [-0.4, -0.2) is 7.05 Å². The zero-order valence-corrected chi connectivity index (χ0v) is 11.4. The predicted octanol–water partition coefficient (Wildman–Crippen LogP) is 4.36. The molecule has 94 valence electrons. The molecule has 18 heavy (non-hydrogen) atoms. The van der Waals surface area contributed by atoms with E-state index in [-0.39, 0.29) is 11.6 Å². The quantitative estimate of drug-likeness (QED) is 0.814. The second kappa shape index (κ2) is 5.48. The molecule has 0 radical (unpaired) electrons. The van der Waals surface area contributed by atoms with E-state index < -0.39 is 0 Å². The summed E-state index contributed by atoms with van der Waals surface area (Å²) in [5.74, 6) is -0.535. The maximum atomic E-state index is 13.2. The van der Waals surface area contributed by atoms with E-state index in [9.17, 15) is 8.78 Å². The van der Waals surface area contributed by atoms with Gasteiger partial charge in [-0.2, -0.15) is 0 Å². The van der Waals surface area contributed by atoms with Gasteiger partial charge in [0.15, 0.2) is 0 Å². The lowest BCUT2D eigenvalue weighted by molar-refractivity contribution is 0.624. The fourth-order valence-electron chi connectivity index (χ4n) is 1.76. The molecule has 1 nitrogen and oxygen atoms in total. The SMILES string of the molecule is CN(Cc1cc(F)cc(Br)c1)c1ccc(F)cc1. The second-order valence-electron chi connectivity index (χ2n) is 4.11. The van der Waals surface area contributed by atoms with Crippen LogP contribution in [0.4, 0.5) is 14.5 Å². The Bertz CT molecular complexity index is 520. The number of halogens is 3. The van der Waals surface area contributed by atoms with Crippen LogP contribution < -0.4 is 4.90 Å². The van der Waals surface area contributed by atoms with Gasteiger partial charge in [-0.05, 0) is 48.0 Å². The van der Waals surface area contributed by atoms with E-state index >= 15 is 0 Å².